The largest absolute Gasteiger partial charge is 0.353 e. The van der Waals surface area contributed by atoms with Gasteiger partial charge in [0.1, 0.15) is 5.54 Å². The molecule has 3 N–H and O–H groups in total. The molecular formula is C18H31N5O2. The van der Waals surface area contributed by atoms with Gasteiger partial charge in [0.25, 0.3) is 5.91 Å². The van der Waals surface area contributed by atoms with Gasteiger partial charge in [-0.2, -0.15) is 5.10 Å². The Morgan fingerprint density at radius 1 is 1.16 bits per heavy atom. The van der Waals surface area contributed by atoms with Crippen LogP contribution < -0.4 is 16.0 Å². The molecule has 1 aromatic rings. The molecule has 0 aliphatic heterocycles. The summed E-state index contributed by atoms with van der Waals surface area (Å²) in [6.45, 7) is 8.05. The van der Waals surface area contributed by atoms with Crippen LogP contribution >= 0.6 is 0 Å². The maximum absolute atomic E-state index is 12.8. The Labute approximate surface area is 149 Å². The highest BCUT2D eigenvalue weighted by Gasteiger charge is 2.42. The first-order chi connectivity index (χ1) is 11.9. The van der Waals surface area contributed by atoms with Crippen molar-refractivity contribution < 1.29 is 9.59 Å². The summed E-state index contributed by atoms with van der Waals surface area (Å²) in [7, 11) is 1.82. The van der Waals surface area contributed by atoms with Gasteiger partial charge in [-0.3, -0.25) is 14.3 Å². The van der Waals surface area contributed by atoms with E-state index >= 15 is 0 Å². The molecule has 25 heavy (non-hydrogen) atoms. The van der Waals surface area contributed by atoms with E-state index in [4.69, 9.17) is 0 Å². The van der Waals surface area contributed by atoms with E-state index in [0.717, 1.165) is 38.0 Å². The van der Waals surface area contributed by atoms with Crippen molar-refractivity contribution in [2.24, 2.45) is 7.05 Å². The molecule has 1 fully saturated rings. The van der Waals surface area contributed by atoms with E-state index in [1.54, 1.807) is 4.68 Å². The van der Waals surface area contributed by atoms with Crippen molar-refractivity contribution in [3.8, 4) is 0 Å². The van der Waals surface area contributed by atoms with Crippen molar-refractivity contribution in [3.05, 3.63) is 17.0 Å². The number of nitrogens with one attached hydrogen (secondary N) is 3. The molecule has 0 atom stereocenters. The van der Waals surface area contributed by atoms with Gasteiger partial charge in [0.05, 0.1) is 11.3 Å². The van der Waals surface area contributed by atoms with Gasteiger partial charge >= 0.3 is 0 Å². The normalized spacial score (nSPS) is 16.0. The van der Waals surface area contributed by atoms with Crippen molar-refractivity contribution >= 4 is 11.8 Å². The predicted octanol–water partition coefficient (Wildman–Crippen LogP) is 1.20. The highest BCUT2D eigenvalue weighted by Crippen LogP contribution is 2.30. The fourth-order valence-corrected chi connectivity index (χ4v) is 3.50. The van der Waals surface area contributed by atoms with Crippen LogP contribution in [0.4, 0.5) is 0 Å². The van der Waals surface area contributed by atoms with Gasteiger partial charge in [0, 0.05) is 25.8 Å². The fourth-order valence-electron chi connectivity index (χ4n) is 3.50. The minimum atomic E-state index is -0.795. The molecule has 2 amide bonds. The minimum Gasteiger partial charge on any atom is -0.353 e. The number of nitrogens with zero attached hydrogens (tertiary/aromatic N) is 2. The van der Waals surface area contributed by atoms with Crippen molar-refractivity contribution in [2.75, 3.05) is 19.6 Å². The third-order valence-corrected chi connectivity index (χ3v) is 4.99. The summed E-state index contributed by atoms with van der Waals surface area (Å²) in [5, 5.41) is 13.6. The Hall–Kier alpha value is -1.89. The average Bonchev–Trinajstić information content (AvgIpc) is 3.13. The molecule has 0 unspecified atom stereocenters. The summed E-state index contributed by atoms with van der Waals surface area (Å²) in [4.78, 5) is 25.6. The Kier molecular flexibility index (Phi) is 6.58. The van der Waals surface area contributed by atoms with E-state index < -0.39 is 5.54 Å². The molecule has 1 heterocycles. The molecule has 7 nitrogen and oxygen atoms in total. The Bertz CT molecular complexity index is 617. The van der Waals surface area contributed by atoms with Gasteiger partial charge < -0.3 is 16.0 Å². The van der Waals surface area contributed by atoms with Crippen LogP contribution in [-0.4, -0.2) is 46.8 Å². The number of hydrogen-bond donors (Lipinski definition) is 3. The molecule has 0 spiro atoms. The van der Waals surface area contributed by atoms with Crippen LogP contribution in [0.2, 0.25) is 0 Å². The first kappa shape index (κ1) is 19.4. The summed E-state index contributed by atoms with van der Waals surface area (Å²) in [6.07, 6.45) is 4.34. The van der Waals surface area contributed by atoms with Crippen LogP contribution in [0.1, 0.15) is 60.8 Å². The standard InChI is InChI=1S/C18H31N5O2/c1-5-10-19-11-12-20-17(25)18(8-6-7-9-18)21-16(24)15-13(2)22-23(4)14(15)3/h19H,5-12H2,1-4H3,(H,20,25)(H,21,24). The summed E-state index contributed by atoms with van der Waals surface area (Å²) in [5.41, 5.74) is 1.28. The van der Waals surface area contributed by atoms with Crippen LogP contribution in [0.3, 0.4) is 0 Å². The summed E-state index contributed by atoms with van der Waals surface area (Å²) in [6, 6.07) is 0. The Morgan fingerprint density at radius 2 is 1.84 bits per heavy atom. The number of aromatic nitrogens is 2. The fraction of sp³-hybridized carbons (Fsp3) is 0.722. The zero-order chi connectivity index (χ0) is 18.4. The predicted molar refractivity (Wildman–Crippen MR) is 97.5 cm³/mol. The summed E-state index contributed by atoms with van der Waals surface area (Å²) >= 11 is 0. The zero-order valence-corrected chi connectivity index (χ0v) is 15.9. The first-order valence-electron chi connectivity index (χ1n) is 9.23. The summed E-state index contributed by atoms with van der Waals surface area (Å²) in [5.74, 6) is -0.278. The number of carbonyl (C=O) groups is 2. The van der Waals surface area contributed by atoms with Crippen molar-refractivity contribution in [2.45, 2.75) is 58.4 Å². The second-order valence-electron chi connectivity index (χ2n) is 6.92. The van der Waals surface area contributed by atoms with E-state index in [-0.39, 0.29) is 11.8 Å². The summed E-state index contributed by atoms with van der Waals surface area (Å²) < 4.78 is 1.70. The first-order valence-corrected chi connectivity index (χ1v) is 9.23. The van der Waals surface area contributed by atoms with Crippen molar-refractivity contribution in [3.63, 3.8) is 0 Å². The number of hydrogen-bond acceptors (Lipinski definition) is 4. The second kappa shape index (κ2) is 8.47. The number of carbonyl (C=O) groups excluding carboxylic acids is 2. The maximum atomic E-state index is 12.8. The van der Waals surface area contributed by atoms with Crippen LogP contribution in [0.25, 0.3) is 0 Å². The van der Waals surface area contributed by atoms with Crippen LogP contribution in [0.5, 0.6) is 0 Å². The number of rotatable bonds is 8. The van der Waals surface area contributed by atoms with E-state index in [1.807, 2.05) is 20.9 Å². The van der Waals surface area contributed by atoms with Gasteiger partial charge in [0.2, 0.25) is 5.91 Å². The monoisotopic (exact) mass is 349 g/mol. The van der Waals surface area contributed by atoms with E-state index in [1.165, 1.54) is 0 Å². The third-order valence-electron chi connectivity index (χ3n) is 4.99. The zero-order valence-electron chi connectivity index (χ0n) is 15.9. The second-order valence-corrected chi connectivity index (χ2v) is 6.92. The van der Waals surface area contributed by atoms with Crippen molar-refractivity contribution in [1.82, 2.24) is 25.7 Å². The molecule has 1 aliphatic rings. The lowest BCUT2D eigenvalue weighted by molar-refractivity contribution is -0.127. The highest BCUT2D eigenvalue weighted by molar-refractivity contribution is 6.00. The van der Waals surface area contributed by atoms with E-state index in [2.05, 4.69) is 28.0 Å². The molecule has 1 aromatic heterocycles. The molecule has 7 heteroatoms. The van der Waals surface area contributed by atoms with Gasteiger partial charge in [0.15, 0.2) is 0 Å². The molecule has 2 rings (SSSR count). The molecular weight excluding hydrogens is 318 g/mol. The minimum absolute atomic E-state index is 0.0733. The molecule has 0 radical (unpaired) electrons. The van der Waals surface area contributed by atoms with Gasteiger partial charge in [-0.05, 0) is 39.7 Å². The van der Waals surface area contributed by atoms with Gasteiger partial charge in [-0.1, -0.05) is 19.8 Å². The van der Waals surface area contributed by atoms with Crippen molar-refractivity contribution in [1.29, 1.82) is 0 Å². The lowest BCUT2D eigenvalue weighted by Crippen LogP contribution is -2.57. The molecule has 0 aromatic carbocycles. The highest BCUT2D eigenvalue weighted by atomic mass is 16.2. The molecule has 1 saturated carbocycles. The van der Waals surface area contributed by atoms with Gasteiger partial charge in [-0.25, -0.2) is 0 Å². The molecule has 1 aliphatic carbocycles. The SMILES string of the molecule is CCCNCCNC(=O)C1(NC(=O)c2c(C)nn(C)c2C)CCCC1. The Balaban J connectivity index is 2.04. The van der Waals surface area contributed by atoms with Crippen LogP contribution in [0.15, 0.2) is 0 Å². The lowest BCUT2D eigenvalue weighted by Gasteiger charge is -2.29. The molecule has 0 bridgehead atoms. The number of aryl methyl sites for hydroxylation is 2. The molecule has 140 valence electrons. The number of amides is 2. The average molecular weight is 349 g/mol. The van der Waals surface area contributed by atoms with E-state index in [9.17, 15) is 9.59 Å². The Morgan fingerprint density at radius 3 is 2.40 bits per heavy atom. The quantitative estimate of drug-likeness (QED) is 0.615. The lowest BCUT2D eigenvalue weighted by atomic mass is 9.95. The van der Waals surface area contributed by atoms with Crippen LogP contribution in [0, 0.1) is 13.8 Å². The topological polar surface area (TPSA) is 88.0 Å². The molecule has 0 saturated heterocycles. The van der Waals surface area contributed by atoms with E-state index in [0.29, 0.717) is 30.6 Å². The maximum Gasteiger partial charge on any atom is 0.255 e. The smallest absolute Gasteiger partial charge is 0.255 e. The van der Waals surface area contributed by atoms with Gasteiger partial charge in [-0.15, -0.1) is 0 Å². The van der Waals surface area contributed by atoms with Crippen LogP contribution in [-0.2, 0) is 11.8 Å². The third kappa shape index (κ3) is 4.39.